The summed E-state index contributed by atoms with van der Waals surface area (Å²) in [6.45, 7) is 0.793. The van der Waals surface area contributed by atoms with E-state index < -0.39 is 0 Å². The Morgan fingerprint density at radius 1 is 1.21 bits per heavy atom. The lowest BCUT2D eigenvalue weighted by molar-refractivity contribution is -0.132. The molecular formula is C23H24N2O3. The van der Waals surface area contributed by atoms with Crippen LogP contribution in [0.4, 0.5) is 0 Å². The van der Waals surface area contributed by atoms with Crippen LogP contribution in [0.25, 0.3) is 11.3 Å². The zero-order chi connectivity index (χ0) is 19.3. The third-order valence-corrected chi connectivity index (χ3v) is 5.22. The van der Waals surface area contributed by atoms with Crippen LogP contribution in [0.1, 0.15) is 36.8 Å². The van der Waals surface area contributed by atoms with Crippen molar-refractivity contribution < 1.29 is 13.9 Å². The molecule has 1 aliphatic heterocycles. The van der Waals surface area contributed by atoms with Gasteiger partial charge in [0.2, 0.25) is 5.91 Å². The molecule has 3 aromatic rings. The van der Waals surface area contributed by atoms with Gasteiger partial charge in [-0.25, -0.2) is 4.98 Å². The fourth-order valence-electron chi connectivity index (χ4n) is 3.78. The summed E-state index contributed by atoms with van der Waals surface area (Å²) in [6, 6.07) is 18.0. The van der Waals surface area contributed by atoms with E-state index in [9.17, 15) is 4.79 Å². The van der Waals surface area contributed by atoms with Gasteiger partial charge in [-0.2, -0.15) is 0 Å². The normalized spacial score (nSPS) is 16.3. The predicted molar refractivity (Wildman–Crippen MR) is 107 cm³/mol. The number of amides is 1. The van der Waals surface area contributed by atoms with Gasteiger partial charge in [0.05, 0.1) is 19.3 Å². The maximum atomic E-state index is 12.9. The summed E-state index contributed by atoms with van der Waals surface area (Å²) in [5.74, 6) is 2.30. The number of hydrogen-bond acceptors (Lipinski definition) is 4. The Bertz CT molecular complexity index is 936. The monoisotopic (exact) mass is 376 g/mol. The van der Waals surface area contributed by atoms with Crippen LogP contribution in [0.3, 0.4) is 0 Å². The van der Waals surface area contributed by atoms with E-state index in [0.717, 1.165) is 42.0 Å². The molecule has 0 spiro atoms. The number of ether oxygens (including phenoxy) is 1. The third kappa shape index (κ3) is 3.93. The van der Waals surface area contributed by atoms with E-state index in [1.165, 1.54) is 0 Å². The van der Waals surface area contributed by atoms with Crippen molar-refractivity contribution in [1.29, 1.82) is 0 Å². The molecule has 1 unspecified atom stereocenters. The minimum absolute atomic E-state index is 0.118. The summed E-state index contributed by atoms with van der Waals surface area (Å²) >= 11 is 0. The van der Waals surface area contributed by atoms with Crippen molar-refractivity contribution >= 4 is 5.91 Å². The molecule has 4 rings (SSSR count). The molecule has 5 heteroatoms. The highest BCUT2D eigenvalue weighted by atomic mass is 16.5. The van der Waals surface area contributed by atoms with Crippen molar-refractivity contribution in [2.24, 2.45) is 0 Å². The largest absolute Gasteiger partial charge is 0.497 e. The molecule has 1 aliphatic rings. The standard InChI is InChI=1S/C23H24N2O3/c1-27-19-10-5-9-18(15-19)20-11-6-14-25(20)23(26)13-12-22-24-16-21(28-22)17-7-3-2-4-8-17/h2-5,7-10,15-16,20H,6,11-14H2,1H3. The van der Waals surface area contributed by atoms with E-state index in [2.05, 4.69) is 11.1 Å². The van der Waals surface area contributed by atoms with E-state index in [1.54, 1.807) is 13.3 Å². The summed E-state index contributed by atoms with van der Waals surface area (Å²) in [5, 5.41) is 0. The van der Waals surface area contributed by atoms with Crippen LogP contribution in [-0.4, -0.2) is 29.4 Å². The zero-order valence-electron chi connectivity index (χ0n) is 16.0. The number of methoxy groups -OCH3 is 1. The highest BCUT2D eigenvalue weighted by Gasteiger charge is 2.30. The van der Waals surface area contributed by atoms with Gasteiger partial charge in [-0.05, 0) is 30.5 Å². The smallest absolute Gasteiger partial charge is 0.223 e. The van der Waals surface area contributed by atoms with E-state index in [1.807, 2.05) is 53.4 Å². The van der Waals surface area contributed by atoms with Gasteiger partial charge in [-0.1, -0.05) is 42.5 Å². The SMILES string of the molecule is COc1cccc(C2CCCN2C(=O)CCc2ncc(-c3ccccc3)o2)c1. The third-order valence-electron chi connectivity index (χ3n) is 5.22. The Hall–Kier alpha value is -3.08. The van der Waals surface area contributed by atoms with Gasteiger partial charge in [0.15, 0.2) is 11.7 Å². The molecule has 2 aromatic carbocycles. The Morgan fingerprint density at radius 2 is 2.07 bits per heavy atom. The number of rotatable bonds is 6. The quantitative estimate of drug-likeness (QED) is 0.628. The number of carbonyl (C=O) groups excluding carboxylic acids is 1. The first-order chi connectivity index (χ1) is 13.7. The van der Waals surface area contributed by atoms with Crippen molar-refractivity contribution in [3.8, 4) is 17.1 Å². The van der Waals surface area contributed by atoms with Crippen LogP contribution in [0.5, 0.6) is 5.75 Å². The van der Waals surface area contributed by atoms with Crippen molar-refractivity contribution in [2.45, 2.75) is 31.7 Å². The van der Waals surface area contributed by atoms with Crippen LogP contribution >= 0.6 is 0 Å². The van der Waals surface area contributed by atoms with Crippen LogP contribution in [0, 0.1) is 0 Å². The molecule has 1 atom stereocenters. The number of benzene rings is 2. The minimum atomic E-state index is 0.118. The fraction of sp³-hybridized carbons (Fsp3) is 0.304. The molecular weight excluding hydrogens is 352 g/mol. The summed E-state index contributed by atoms with van der Waals surface area (Å²) < 4.78 is 11.2. The number of likely N-dealkylation sites (tertiary alicyclic amines) is 1. The number of aromatic nitrogens is 1. The molecule has 28 heavy (non-hydrogen) atoms. The molecule has 1 amide bonds. The van der Waals surface area contributed by atoms with Gasteiger partial charge in [0.25, 0.3) is 0 Å². The van der Waals surface area contributed by atoms with Gasteiger partial charge in [-0.3, -0.25) is 4.79 Å². The number of hydrogen-bond donors (Lipinski definition) is 0. The molecule has 0 radical (unpaired) electrons. The first-order valence-corrected chi connectivity index (χ1v) is 9.68. The second-order valence-electron chi connectivity index (χ2n) is 7.01. The predicted octanol–water partition coefficient (Wildman–Crippen LogP) is 4.65. The van der Waals surface area contributed by atoms with E-state index >= 15 is 0 Å². The van der Waals surface area contributed by atoms with Crippen LogP contribution < -0.4 is 4.74 Å². The Balaban J connectivity index is 1.40. The van der Waals surface area contributed by atoms with Crippen molar-refractivity contribution in [3.05, 3.63) is 72.2 Å². The van der Waals surface area contributed by atoms with Crippen molar-refractivity contribution in [3.63, 3.8) is 0 Å². The molecule has 0 aliphatic carbocycles. The summed E-state index contributed by atoms with van der Waals surface area (Å²) in [7, 11) is 1.66. The van der Waals surface area contributed by atoms with Crippen LogP contribution in [0.2, 0.25) is 0 Å². The lowest BCUT2D eigenvalue weighted by Gasteiger charge is -2.25. The molecule has 2 heterocycles. The highest BCUT2D eigenvalue weighted by molar-refractivity contribution is 5.77. The van der Waals surface area contributed by atoms with Gasteiger partial charge >= 0.3 is 0 Å². The number of carbonyl (C=O) groups is 1. The van der Waals surface area contributed by atoms with Gasteiger partial charge in [-0.15, -0.1) is 0 Å². The molecule has 0 saturated carbocycles. The first-order valence-electron chi connectivity index (χ1n) is 9.68. The first kappa shape index (κ1) is 18.3. The summed E-state index contributed by atoms with van der Waals surface area (Å²) in [4.78, 5) is 19.2. The lowest BCUT2D eigenvalue weighted by Crippen LogP contribution is -2.30. The van der Waals surface area contributed by atoms with Crippen LogP contribution in [0.15, 0.2) is 65.2 Å². The molecule has 5 nitrogen and oxygen atoms in total. The number of oxazole rings is 1. The van der Waals surface area contributed by atoms with Crippen molar-refractivity contribution in [1.82, 2.24) is 9.88 Å². The number of aryl methyl sites for hydroxylation is 1. The number of nitrogens with zero attached hydrogens (tertiary/aromatic N) is 2. The molecule has 1 fully saturated rings. The zero-order valence-corrected chi connectivity index (χ0v) is 16.0. The minimum Gasteiger partial charge on any atom is -0.497 e. The molecule has 0 bridgehead atoms. The molecule has 144 valence electrons. The molecule has 0 N–H and O–H groups in total. The average Bonchev–Trinajstić information content (AvgIpc) is 3.42. The van der Waals surface area contributed by atoms with E-state index in [-0.39, 0.29) is 11.9 Å². The average molecular weight is 376 g/mol. The summed E-state index contributed by atoms with van der Waals surface area (Å²) in [5.41, 5.74) is 2.12. The highest BCUT2D eigenvalue weighted by Crippen LogP contribution is 2.34. The fourth-order valence-corrected chi connectivity index (χ4v) is 3.78. The van der Waals surface area contributed by atoms with E-state index in [4.69, 9.17) is 9.15 Å². The second-order valence-corrected chi connectivity index (χ2v) is 7.01. The maximum Gasteiger partial charge on any atom is 0.223 e. The van der Waals surface area contributed by atoms with Crippen LogP contribution in [-0.2, 0) is 11.2 Å². The second kappa shape index (κ2) is 8.30. The van der Waals surface area contributed by atoms with E-state index in [0.29, 0.717) is 18.7 Å². The Morgan fingerprint density at radius 3 is 2.89 bits per heavy atom. The Labute approximate surface area is 165 Å². The molecule has 1 saturated heterocycles. The van der Waals surface area contributed by atoms with Gasteiger partial charge < -0.3 is 14.1 Å². The van der Waals surface area contributed by atoms with Crippen molar-refractivity contribution in [2.75, 3.05) is 13.7 Å². The summed E-state index contributed by atoms with van der Waals surface area (Å²) in [6.07, 6.45) is 4.63. The Kier molecular flexibility index (Phi) is 5.42. The molecule has 1 aromatic heterocycles. The van der Waals surface area contributed by atoms with Gasteiger partial charge in [0.1, 0.15) is 5.75 Å². The topological polar surface area (TPSA) is 55.6 Å². The maximum absolute atomic E-state index is 12.9. The van der Waals surface area contributed by atoms with Gasteiger partial charge in [0, 0.05) is 24.9 Å². The lowest BCUT2D eigenvalue weighted by atomic mass is 10.0.